The van der Waals surface area contributed by atoms with Crippen molar-refractivity contribution in [2.24, 2.45) is 0 Å². The molecule has 36 heavy (non-hydrogen) atoms. The summed E-state index contributed by atoms with van der Waals surface area (Å²) in [6.45, 7) is 4.86. The molecule has 0 fully saturated rings. The van der Waals surface area contributed by atoms with Crippen molar-refractivity contribution in [3.63, 3.8) is 0 Å². The van der Waals surface area contributed by atoms with Crippen molar-refractivity contribution >= 4 is 23.5 Å². The van der Waals surface area contributed by atoms with Gasteiger partial charge >= 0.3 is 5.97 Å². The normalized spacial score (nSPS) is 12.8. The molecular weight excluding hydrogens is 470 g/mol. The molecule has 0 radical (unpaired) electrons. The summed E-state index contributed by atoms with van der Waals surface area (Å²) in [7, 11) is 0. The molecule has 0 aliphatic carbocycles. The minimum Gasteiger partial charge on any atom is -0.472 e. The first kappa shape index (κ1) is 25.0. The molecule has 2 heterocycles. The molecule has 3 aromatic rings. The lowest BCUT2D eigenvalue weighted by Crippen LogP contribution is -2.35. The number of hydrogen-bond donors (Lipinski definition) is 1. The standard InChI is InChI=1S/C26H26F2N4O4/c1-26(2,3)36-22(33)14-29-23(34)17-13-30-25(32-12-11-16-7-4-5-10-21(16)32)31-24(17)35-15-18-19(27)8-6-9-20(18)28/h4-10,13H,11-12,14-15H2,1-3H3,(H,29,34). The molecule has 1 aliphatic heterocycles. The van der Waals surface area contributed by atoms with E-state index in [9.17, 15) is 18.4 Å². The van der Waals surface area contributed by atoms with Crippen LogP contribution in [-0.4, -0.2) is 40.5 Å². The second kappa shape index (κ2) is 10.3. The van der Waals surface area contributed by atoms with E-state index in [1.165, 1.54) is 12.3 Å². The second-order valence-corrected chi connectivity index (χ2v) is 9.18. The largest absolute Gasteiger partial charge is 0.472 e. The molecule has 0 bridgehead atoms. The number of anilines is 2. The Kier molecular flexibility index (Phi) is 7.14. The van der Waals surface area contributed by atoms with Gasteiger partial charge in [-0.1, -0.05) is 24.3 Å². The van der Waals surface area contributed by atoms with Crippen molar-refractivity contribution in [1.82, 2.24) is 15.3 Å². The van der Waals surface area contributed by atoms with Crippen LogP contribution < -0.4 is 15.0 Å². The van der Waals surface area contributed by atoms with E-state index in [0.717, 1.165) is 29.8 Å². The van der Waals surface area contributed by atoms with Gasteiger partial charge in [0, 0.05) is 18.4 Å². The van der Waals surface area contributed by atoms with Gasteiger partial charge in [0.1, 0.15) is 36.0 Å². The molecule has 10 heteroatoms. The quantitative estimate of drug-likeness (QED) is 0.492. The zero-order valence-corrected chi connectivity index (χ0v) is 20.2. The van der Waals surface area contributed by atoms with E-state index in [4.69, 9.17) is 9.47 Å². The van der Waals surface area contributed by atoms with Crippen LogP contribution in [0.5, 0.6) is 5.88 Å². The highest BCUT2D eigenvalue weighted by molar-refractivity contribution is 5.97. The smallest absolute Gasteiger partial charge is 0.325 e. The van der Waals surface area contributed by atoms with E-state index in [2.05, 4.69) is 15.3 Å². The van der Waals surface area contributed by atoms with E-state index in [1.54, 1.807) is 20.8 Å². The molecule has 0 spiro atoms. The third kappa shape index (κ3) is 5.76. The topological polar surface area (TPSA) is 93.6 Å². The molecule has 4 rings (SSSR count). The summed E-state index contributed by atoms with van der Waals surface area (Å²) in [6.07, 6.45) is 2.05. The number of rotatable bonds is 7. The number of fused-ring (bicyclic) bond motifs is 1. The first-order valence-corrected chi connectivity index (χ1v) is 11.4. The van der Waals surface area contributed by atoms with Crippen LogP contribution in [0.1, 0.15) is 42.3 Å². The van der Waals surface area contributed by atoms with Gasteiger partial charge in [-0.05, 0) is 51.0 Å². The van der Waals surface area contributed by atoms with Gasteiger partial charge in [-0.15, -0.1) is 0 Å². The van der Waals surface area contributed by atoms with E-state index in [1.807, 2.05) is 29.2 Å². The molecular formula is C26H26F2N4O4. The Morgan fingerprint density at radius 3 is 2.53 bits per heavy atom. The number of benzene rings is 2. The lowest BCUT2D eigenvalue weighted by atomic mass is 10.2. The van der Waals surface area contributed by atoms with Crippen LogP contribution in [0.25, 0.3) is 0 Å². The molecule has 0 atom stereocenters. The average Bonchev–Trinajstić information content (AvgIpc) is 3.25. The predicted molar refractivity (Wildman–Crippen MR) is 128 cm³/mol. The SMILES string of the molecule is CC(C)(C)OC(=O)CNC(=O)c1cnc(N2CCc3ccccc32)nc1OCc1c(F)cccc1F. The van der Waals surface area contributed by atoms with Gasteiger partial charge in [-0.2, -0.15) is 4.98 Å². The van der Waals surface area contributed by atoms with E-state index in [-0.39, 0.29) is 23.0 Å². The fourth-order valence-corrected chi connectivity index (χ4v) is 3.74. The van der Waals surface area contributed by atoms with Crippen LogP contribution in [0, 0.1) is 11.6 Å². The Morgan fingerprint density at radius 2 is 1.81 bits per heavy atom. The average molecular weight is 497 g/mol. The van der Waals surface area contributed by atoms with Gasteiger partial charge in [0.05, 0.1) is 5.56 Å². The van der Waals surface area contributed by atoms with Crippen molar-refractivity contribution in [3.8, 4) is 5.88 Å². The number of amides is 1. The number of carbonyl (C=O) groups excluding carboxylic acids is 2. The molecule has 8 nitrogen and oxygen atoms in total. The van der Waals surface area contributed by atoms with Crippen molar-refractivity contribution in [1.29, 1.82) is 0 Å². The fraction of sp³-hybridized carbons (Fsp3) is 0.308. The molecule has 0 unspecified atom stereocenters. The monoisotopic (exact) mass is 496 g/mol. The summed E-state index contributed by atoms with van der Waals surface area (Å²) in [5.74, 6) is -2.79. The van der Waals surface area contributed by atoms with Crippen molar-refractivity contribution in [2.75, 3.05) is 18.0 Å². The van der Waals surface area contributed by atoms with Gasteiger partial charge in [0.15, 0.2) is 0 Å². The van der Waals surface area contributed by atoms with Gasteiger partial charge in [0.25, 0.3) is 5.91 Å². The first-order valence-electron chi connectivity index (χ1n) is 11.4. The zero-order valence-electron chi connectivity index (χ0n) is 20.2. The Bertz CT molecular complexity index is 1270. The van der Waals surface area contributed by atoms with E-state index >= 15 is 0 Å². The minimum absolute atomic E-state index is 0.0912. The van der Waals surface area contributed by atoms with Crippen LogP contribution in [-0.2, 0) is 22.6 Å². The third-order valence-electron chi connectivity index (χ3n) is 5.34. The van der Waals surface area contributed by atoms with E-state index in [0.29, 0.717) is 6.54 Å². The third-order valence-corrected chi connectivity index (χ3v) is 5.34. The summed E-state index contributed by atoms with van der Waals surface area (Å²) in [4.78, 5) is 35.5. The fourth-order valence-electron chi connectivity index (χ4n) is 3.74. The highest BCUT2D eigenvalue weighted by atomic mass is 19.1. The van der Waals surface area contributed by atoms with Crippen molar-refractivity contribution < 1.29 is 27.8 Å². The number of nitrogens with one attached hydrogen (secondary N) is 1. The second-order valence-electron chi connectivity index (χ2n) is 9.18. The molecule has 1 N–H and O–H groups in total. The lowest BCUT2D eigenvalue weighted by molar-refractivity contribution is -0.153. The maximum absolute atomic E-state index is 14.2. The van der Waals surface area contributed by atoms with Crippen molar-refractivity contribution in [3.05, 3.63) is 77.0 Å². The molecule has 1 aliphatic rings. The van der Waals surface area contributed by atoms with Crippen molar-refractivity contribution in [2.45, 2.75) is 39.4 Å². The van der Waals surface area contributed by atoms with Gasteiger partial charge in [-0.3, -0.25) is 9.59 Å². The minimum atomic E-state index is -0.784. The van der Waals surface area contributed by atoms with Gasteiger partial charge in [-0.25, -0.2) is 13.8 Å². The first-order chi connectivity index (χ1) is 17.1. The highest BCUT2D eigenvalue weighted by Gasteiger charge is 2.25. The summed E-state index contributed by atoms with van der Waals surface area (Å²) in [5.41, 5.74) is 0.939. The molecule has 0 saturated heterocycles. The maximum Gasteiger partial charge on any atom is 0.325 e. The summed E-state index contributed by atoms with van der Waals surface area (Å²) in [5, 5.41) is 2.45. The van der Waals surface area contributed by atoms with Gasteiger partial charge in [0.2, 0.25) is 11.8 Å². The Hall–Kier alpha value is -4.08. The molecule has 0 saturated carbocycles. The molecule has 1 aromatic heterocycles. The molecule has 188 valence electrons. The molecule has 2 aromatic carbocycles. The number of para-hydroxylation sites is 1. The Morgan fingerprint density at radius 1 is 1.08 bits per heavy atom. The number of carbonyl (C=O) groups is 2. The number of aromatic nitrogens is 2. The number of hydrogen-bond acceptors (Lipinski definition) is 7. The molecule has 1 amide bonds. The van der Waals surface area contributed by atoms with Gasteiger partial charge < -0.3 is 19.7 Å². The summed E-state index contributed by atoms with van der Waals surface area (Å²) in [6, 6.07) is 11.3. The maximum atomic E-state index is 14.2. The van der Waals surface area contributed by atoms with E-state index < -0.39 is 42.3 Å². The number of nitrogens with zero attached hydrogens (tertiary/aromatic N) is 3. The van der Waals surface area contributed by atoms with Crippen LogP contribution >= 0.6 is 0 Å². The number of esters is 1. The van der Waals surface area contributed by atoms with Crippen LogP contribution in [0.4, 0.5) is 20.4 Å². The van der Waals surface area contributed by atoms with Crippen LogP contribution in [0.2, 0.25) is 0 Å². The predicted octanol–water partition coefficient (Wildman–Crippen LogP) is 4.10. The highest BCUT2D eigenvalue weighted by Crippen LogP contribution is 2.33. The summed E-state index contributed by atoms with van der Waals surface area (Å²) >= 11 is 0. The number of ether oxygens (including phenoxy) is 2. The van der Waals surface area contributed by atoms with Crippen LogP contribution in [0.15, 0.2) is 48.7 Å². The number of halogens is 2. The lowest BCUT2D eigenvalue weighted by Gasteiger charge is -2.20. The zero-order chi connectivity index (χ0) is 25.9. The Labute approximate surface area is 207 Å². The van der Waals surface area contributed by atoms with Crippen LogP contribution in [0.3, 0.4) is 0 Å². The summed E-state index contributed by atoms with van der Waals surface area (Å²) < 4.78 is 39.2. The Balaban J connectivity index is 1.60.